The molecule has 0 aliphatic rings. The Labute approximate surface area is 87.6 Å². The Kier molecular flexibility index (Phi) is 3.29. The lowest BCUT2D eigenvalue weighted by molar-refractivity contribution is 0.0963. The van der Waals surface area contributed by atoms with Crippen molar-refractivity contribution in [1.82, 2.24) is 5.32 Å². The Morgan fingerprint density at radius 1 is 1.25 bits per heavy atom. The number of benzene rings is 1. The lowest BCUT2D eigenvalue weighted by atomic mass is 10.2. The topological polar surface area (TPSA) is 29.1 Å². The minimum atomic E-state index is -0.0861. The van der Waals surface area contributed by atoms with Crippen LogP contribution in [-0.2, 0) is 0 Å². The molecule has 0 bridgehead atoms. The molecular formula is C8H7Br2NO. The minimum Gasteiger partial charge on any atom is -0.355 e. The van der Waals surface area contributed by atoms with Gasteiger partial charge in [-0.2, -0.15) is 0 Å². The van der Waals surface area contributed by atoms with Crippen molar-refractivity contribution < 1.29 is 4.79 Å². The molecule has 0 saturated heterocycles. The zero-order valence-electron chi connectivity index (χ0n) is 6.40. The van der Waals surface area contributed by atoms with Gasteiger partial charge in [-0.3, -0.25) is 4.79 Å². The van der Waals surface area contributed by atoms with Crippen LogP contribution < -0.4 is 5.32 Å². The van der Waals surface area contributed by atoms with Crippen molar-refractivity contribution in [2.45, 2.75) is 0 Å². The Balaban J connectivity index is 3.08. The van der Waals surface area contributed by atoms with Crippen LogP contribution in [0.3, 0.4) is 0 Å². The van der Waals surface area contributed by atoms with Crippen LogP contribution in [0.2, 0.25) is 0 Å². The molecule has 0 aromatic heterocycles. The smallest absolute Gasteiger partial charge is 0.251 e. The Bertz CT molecular complexity index is 292. The van der Waals surface area contributed by atoms with Crippen molar-refractivity contribution in [2.75, 3.05) is 7.05 Å². The van der Waals surface area contributed by atoms with Gasteiger partial charge in [0.05, 0.1) is 0 Å². The number of hydrogen-bond donors (Lipinski definition) is 1. The van der Waals surface area contributed by atoms with Crippen molar-refractivity contribution in [3.05, 3.63) is 32.7 Å². The Hall–Kier alpha value is -0.350. The lowest BCUT2D eigenvalue weighted by Crippen LogP contribution is -2.17. The van der Waals surface area contributed by atoms with Gasteiger partial charge in [0, 0.05) is 21.6 Å². The summed E-state index contributed by atoms with van der Waals surface area (Å²) in [5, 5.41) is 2.56. The van der Waals surface area contributed by atoms with Crippen LogP contribution in [0.25, 0.3) is 0 Å². The molecule has 0 saturated carbocycles. The third-order valence-corrected chi connectivity index (χ3v) is 2.27. The molecule has 1 amide bonds. The molecule has 64 valence electrons. The summed E-state index contributed by atoms with van der Waals surface area (Å²) < 4.78 is 1.77. The number of halogens is 2. The van der Waals surface area contributed by atoms with Gasteiger partial charge in [0.2, 0.25) is 0 Å². The predicted molar refractivity (Wildman–Crippen MR) is 55.2 cm³/mol. The maximum atomic E-state index is 11.2. The molecule has 1 aromatic carbocycles. The van der Waals surface area contributed by atoms with Crippen LogP contribution in [0, 0.1) is 0 Å². The summed E-state index contributed by atoms with van der Waals surface area (Å²) in [6.45, 7) is 0. The van der Waals surface area contributed by atoms with Gasteiger partial charge in [0.15, 0.2) is 0 Å². The summed E-state index contributed by atoms with van der Waals surface area (Å²) in [4.78, 5) is 11.2. The van der Waals surface area contributed by atoms with Gasteiger partial charge in [-0.1, -0.05) is 31.9 Å². The molecular weight excluding hydrogens is 286 g/mol. The zero-order valence-corrected chi connectivity index (χ0v) is 9.57. The number of carbonyl (C=O) groups excluding carboxylic acids is 1. The highest BCUT2D eigenvalue weighted by Crippen LogP contribution is 2.19. The van der Waals surface area contributed by atoms with Crippen LogP contribution >= 0.6 is 31.9 Å². The molecule has 1 rings (SSSR count). The first-order valence-electron chi connectivity index (χ1n) is 3.31. The first-order chi connectivity index (χ1) is 5.63. The molecule has 0 heterocycles. The first-order valence-corrected chi connectivity index (χ1v) is 4.90. The fraction of sp³-hybridized carbons (Fsp3) is 0.125. The third-order valence-electron chi connectivity index (χ3n) is 1.35. The average molecular weight is 293 g/mol. The van der Waals surface area contributed by atoms with Gasteiger partial charge in [-0.25, -0.2) is 0 Å². The number of rotatable bonds is 1. The lowest BCUT2D eigenvalue weighted by Gasteiger charge is -2.00. The summed E-state index contributed by atoms with van der Waals surface area (Å²) in [7, 11) is 1.61. The van der Waals surface area contributed by atoms with E-state index in [1.54, 1.807) is 19.2 Å². The number of amides is 1. The normalized spacial score (nSPS) is 9.58. The van der Waals surface area contributed by atoms with E-state index in [2.05, 4.69) is 37.2 Å². The van der Waals surface area contributed by atoms with E-state index >= 15 is 0 Å². The molecule has 0 radical (unpaired) electrons. The highest BCUT2D eigenvalue weighted by Gasteiger charge is 2.04. The summed E-state index contributed by atoms with van der Waals surface area (Å²) in [6, 6.07) is 5.42. The highest BCUT2D eigenvalue weighted by molar-refractivity contribution is 9.11. The van der Waals surface area contributed by atoms with E-state index in [-0.39, 0.29) is 5.91 Å². The van der Waals surface area contributed by atoms with E-state index in [1.807, 2.05) is 6.07 Å². The molecule has 0 aliphatic heterocycles. The molecule has 0 unspecified atom stereocenters. The third kappa shape index (κ3) is 2.32. The second-order valence-corrected chi connectivity index (χ2v) is 4.07. The second-order valence-electron chi connectivity index (χ2n) is 2.24. The zero-order chi connectivity index (χ0) is 9.14. The molecule has 1 N–H and O–H groups in total. The molecule has 0 atom stereocenters. The highest BCUT2D eigenvalue weighted by atomic mass is 79.9. The quantitative estimate of drug-likeness (QED) is 0.847. The van der Waals surface area contributed by atoms with Gasteiger partial charge in [-0.05, 0) is 18.2 Å². The van der Waals surface area contributed by atoms with E-state index in [1.165, 1.54) is 0 Å². The number of nitrogens with one attached hydrogen (secondary N) is 1. The van der Waals surface area contributed by atoms with E-state index < -0.39 is 0 Å². The molecule has 2 nitrogen and oxygen atoms in total. The van der Waals surface area contributed by atoms with Crippen LogP contribution in [0.1, 0.15) is 10.4 Å². The van der Waals surface area contributed by atoms with Gasteiger partial charge >= 0.3 is 0 Å². The van der Waals surface area contributed by atoms with E-state index in [9.17, 15) is 4.79 Å². The van der Waals surface area contributed by atoms with Crippen molar-refractivity contribution >= 4 is 37.8 Å². The van der Waals surface area contributed by atoms with Crippen molar-refractivity contribution in [3.8, 4) is 0 Å². The summed E-state index contributed by atoms with van der Waals surface area (Å²) in [6.07, 6.45) is 0. The van der Waals surface area contributed by atoms with E-state index in [0.717, 1.165) is 8.95 Å². The standard InChI is InChI=1S/C8H7Br2NO/c1-11-8(12)5-2-6(9)4-7(10)3-5/h2-4H,1H3,(H,11,12). The summed E-state index contributed by atoms with van der Waals surface area (Å²) in [5.41, 5.74) is 0.638. The van der Waals surface area contributed by atoms with Crippen LogP contribution in [0.15, 0.2) is 27.1 Å². The molecule has 0 fully saturated rings. The monoisotopic (exact) mass is 291 g/mol. The van der Waals surface area contributed by atoms with Gasteiger partial charge in [0.25, 0.3) is 5.91 Å². The van der Waals surface area contributed by atoms with Crippen molar-refractivity contribution in [2.24, 2.45) is 0 Å². The maximum absolute atomic E-state index is 11.2. The SMILES string of the molecule is CNC(=O)c1cc(Br)cc(Br)c1. The number of carbonyl (C=O) groups is 1. The fourth-order valence-corrected chi connectivity index (χ4v) is 2.12. The predicted octanol–water partition coefficient (Wildman–Crippen LogP) is 2.57. The second kappa shape index (κ2) is 4.05. The van der Waals surface area contributed by atoms with Gasteiger partial charge < -0.3 is 5.32 Å². The van der Waals surface area contributed by atoms with Gasteiger partial charge in [-0.15, -0.1) is 0 Å². The summed E-state index contributed by atoms with van der Waals surface area (Å²) >= 11 is 6.60. The minimum absolute atomic E-state index is 0.0861. The van der Waals surface area contributed by atoms with E-state index in [4.69, 9.17) is 0 Å². The average Bonchev–Trinajstić information content (AvgIpc) is 2.01. The Morgan fingerprint density at radius 3 is 2.17 bits per heavy atom. The van der Waals surface area contributed by atoms with Crippen LogP contribution in [-0.4, -0.2) is 13.0 Å². The molecule has 4 heteroatoms. The summed E-state index contributed by atoms with van der Waals surface area (Å²) in [5.74, 6) is -0.0861. The van der Waals surface area contributed by atoms with Crippen LogP contribution in [0.4, 0.5) is 0 Å². The van der Waals surface area contributed by atoms with Crippen molar-refractivity contribution in [3.63, 3.8) is 0 Å². The molecule has 12 heavy (non-hydrogen) atoms. The fourth-order valence-electron chi connectivity index (χ4n) is 0.829. The number of hydrogen-bond acceptors (Lipinski definition) is 1. The van der Waals surface area contributed by atoms with Crippen LogP contribution in [0.5, 0.6) is 0 Å². The van der Waals surface area contributed by atoms with Gasteiger partial charge in [0.1, 0.15) is 0 Å². The Morgan fingerprint density at radius 2 is 1.75 bits per heavy atom. The maximum Gasteiger partial charge on any atom is 0.251 e. The van der Waals surface area contributed by atoms with E-state index in [0.29, 0.717) is 5.56 Å². The molecule has 0 aliphatic carbocycles. The largest absolute Gasteiger partial charge is 0.355 e. The molecule has 0 spiro atoms. The molecule has 1 aromatic rings. The first kappa shape index (κ1) is 9.74. The van der Waals surface area contributed by atoms with Crippen molar-refractivity contribution in [1.29, 1.82) is 0 Å².